The average Bonchev–Trinajstić information content (AvgIpc) is 3.38. The Hall–Kier alpha value is -2.89. The minimum Gasteiger partial charge on any atom is -0.287 e. The predicted octanol–water partition coefficient (Wildman–Crippen LogP) is 6.44. The number of hydrogen-bond donors (Lipinski definition) is 0. The first-order valence-electron chi connectivity index (χ1n) is 9.04. The molecule has 0 saturated carbocycles. The van der Waals surface area contributed by atoms with Crippen molar-refractivity contribution >= 4 is 34.1 Å². The second-order valence-electron chi connectivity index (χ2n) is 6.35. The summed E-state index contributed by atoms with van der Waals surface area (Å²) >= 11 is 3.42. The molecule has 0 aliphatic heterocycles. The van der Waals surface area contributed by atoms with Gasteiger partial charge in [-0.3, -0.25) is 4.57 Å². The summed E-state index contributed by atoms with van der Waals surface area (Å²) < 4.78 is 2.23. The van der Waals surface area contributed by atoms with E-state index in [1.54, 1.807) is 23.1 Å². The quantitative estimate of drug-likeness (QED) is 0.319. The Morgan fingerprint density at radius 1 is 0.786 bits per heavy atom. The Labute approximate surface area is 171 Å². The number of imidazole rings is 1. The molecular weight excluding hydrogens is 382 g/mol. The molecule has 2 heterocycles. The van der Waals surface area contributed by atoms with Gasteiger partial charge in [0.25, 0.3) is 0 Å². The minimum absolute atomic E-state index is 0.791. The van der Waals surface area contributed by atoms with E-state index in [0.29, 0.717) is 0 Å². The zero-order chi connectivity index (χ0) is 18.8. The average molecular weight is 400 g/mol. The van der Waals surface area contributed by atoms with Crippen molar-refractivity contribution in [2.75, 3.05) is 0 Å². The van der Waals surface area contributed by atoms with Gasteiger partial charge in [-0.2, -0.15) is 0 Å². The molecule has 0 bridgehead atoms. The summed E-state index contributed by atoms with van der Waals surface area (Å²) in [6.07, 6.45) is 0. The fraction of sp³-hybridized carbons (Fsp3) is 0.0435. The van der Waals surface area contributed by atoms with Gasteiger partial charge in [-0.25, -0.2) is 9.97 Å². The normalized spacial score (nSPS) is 11.1. The summed E-state index contributed by atoms with van der Waals surface area (Å²) in [7, 11) is 0. The zero-order valence-electron chi connectivity index (χ0n) is 15.0. The highest BCUT2D eigenvalue weighted by Crippen LogP contribution is 2.31. The van der Waals surface area contributed by atoms with Crippen molar-refractivity contribution in [2.45, 2.75) is 10.9 Å². The molecule has 136 valence electrons. The fourth-order valence-electron chi connectivity index (χ4n) is 3.15. The Bertz CT molecular complexity index is 1210. The molecule has 28 heavy (non-hydrogen) atoms. The van der Waals surface area contributed by atoms with Crippen LogP contribution in [0.2, 0.25) is 0 Å². The SMILES string of the molecule is c1ccc(-c2nc(CSc3nc4ccccc4n3-c3ccccc3)cs2)cc1. The summed E-state index contributed by atoms with van der Waals surface area (Å²) in [5.74, 6) is 0.791. The predicted molar refractivity (Wildman–Crippen MR) is 118 cm³/mol. The Morgan fingerprint density at radius 3 is 2.32 bits per heavy atom. The van der Waals surface area contributed by atoms with Crippen molar-refractivity contribution < 1.29 is 0 Å². The van der Waals surface area contributed by atoms with Crippen LogP contribution >= 0.6 is 23.1 Å². The molecule has 0 atom stereocenters. The molecule has 0 aliphatic rings. The van der Waals surface area contributed by atoms with Crippen LogP contribution in [0, 0.1) is 0 Å². The van der Waals surface area contributed by atoms with Gasteiger partial charge in [-0.1, -0.05) is 72.4 Å². The molecule has 0 saturated heterocycles. The van der Waals surface area contributed by atoms with Crippen molar-refractivity contribution in [1.82, 2.24) is 14.5 Å². The van der Waals surface area contributed by atoms with Gasteiger partial charge in [0.15, 0.2) is 5.16 Å². The van der Waals surface area contributed by atoms with Crippen LogP contribution in [0.4, 0.5) is 0 Å². The van der Waals surface area contributed by atoms with Crippen molar-refractivity contribution in [2.24, 2.45) is 0 Å². The maximum Gasteiger partial charge on any atom is 0.174 e. The molecule has 3 nitrogen and oxygen atoms in total. The molecule has 5 aromatic rings. The Morgan fingerprint density at radius 2 is 1.50 bits per heavy atom. The lowest BCUT2D eigenvalue weighted by Gasteiger charge is -2.08. The van der Waals surface area contributed by atoms with Gasteiger partial charge in [0, 0.05) is 22.4 Å². The van der Waals surface area contributed by atoms with E-state index in [9.17, 15) is 0 Å². The van der Waals surface area contributed by atoms with Gasteiger partial charge in [-0.05, 0) is 24.3 Å². The van der Waals surface area contributed by atoms with Crippen LogP contribution in [0.25, 0.3) is 27.3 Å². The summed E-state index contributed by atoms with van der Waals surface area (Å²) in [4.78, 5) is 9.68. The van der Waals surface area contributed by atoms with E-state index >= 15 is 0 Å². The van der Waals surface area contributed by atoms with E-state index in [4.69, 9.17) is 9.97 Å². The summed E-state index contributed by atoms with van der Waals surface area (Å²) in [6.45, 7) is 0. The smallest absolute Gasteiger partial charge is 0.174 e. The van der Waals surface area contributed by atoms with Crippen molar-refractivity contribution in [3.8, 4) is 16.3 Å². The highest BCUT2D eigenvalue weighted by Gasteiger charge is 2.13. The zero-order valence-corrected chi connectivity index (χ0v) is 16.7. The van der Waals surface area contributed by atoms with Crippen LogP contribution in [0.5, 0.6) is 0 Å². The number of nitrogens with zero attached hydrogens (tertiary/aromatic N) is 3. The standard InChI is InChI=1S/C23H17N3S2/c1-3-9-17(10-4-1)22-24-18(15-27-22)16-28-23-25-20-13-7-8-14-21(20)26(23)19-11-5-2-6-12-19/h1-15H,16H2. The number of benzene rings is 3. The number of aromatic nitrogens is 3. The lowest BCUT2D eigenvalue weighted by Crippen LogP contribution is -1.96. The van der Waals surface area contributed by atoms with Crippen LogP contribution in [0.15, 0.2) is 95.5 Å². The molecule has 5 rings (SSSR count). The van der Waals surface area contributed by atoms with Crippen molar-refractivity contribution in [3.63, 3.8) is 0 Å². The first kappa shape index (κ1) is 17.2. The first-order chi connectivity index (χ1) is 13.9. The second-order valence-corrected chi connectivity index (χ2v) is 8.15. The fourth-order valence-corrected chi connectivity index (χ4v) is 5.00. The number of thioether (sulfide) groups is 1. The van der Waals surface area contributed by atoms with Crippen LogP contribution < -0.4 is 0 Å². The molecule has 2 aromatic heterocycles. The van der Waals surface area contributed by atoms with E-state index in [2.05, 4.69) is 64.5 Å². The Kier molecular flexibility index (Phi) is 4.69. The monoisotopic (exact) mass is 399 g/mol. The number of para-hydroxylation sites is 3. The van der Waals surface area contributed by atoms with Crippen LogP contribution in [0.3, 0.4) is 0 Å². The first-order valence-corrected chi connectivity index (χ1v) is 10.9. The molecule has 0 spiro atoms. The van der Waals surface area contributed by atoms with E-state index in [0.717, 1.165) is 38.3 Å². The largest absolute Gasteiger partial charge is 0.287 e. The molecule has 0 unspecified atom stereocenters. The van der Waals surface area contributed by atoms with E-state index in [1.807, 2.05) is 30.3 Å². The molecule has 0 amide bonds. The van der Waals surface area contributed by atoms with Crippen LogP contribution in [-0.2, 0) is 5.75 Å². The maximum absolute atomic E-state index is 4.87. The van der Waals surface area contributed by atoms with Gasteiger partial charge >= 0.3 is 0 Å². The van der Waals surface area contributed by atoms with E-state index in [1.165, 1.54) is 5.56 Å². The topological polar surface area (TPSA) is 30.7 Å². The molecule has 5 heteroatoms. The summed E-state index contributed by atoms with van der Waals surface area (Å²) in [6, 6.07) is 29.0. The molecule has 0 N–H and O–H groups in total. The summed E-state index contributed by atoms with van der Waals surface area (Å²) in [5.41, 5.74) is 5.51. The van der Waals surface area contributed by atoms with Gasteiger partial charge in [0.1, 0.15) is 5.01 Å². The minimum atomic E-state index is 0.791. The molecule has 0 fully saturated rings. The highest BCUT2D eigenvalue weighted by atomic mass is 32.2. The van der Waals surface area contributed by atoms with E-state index in [-0.39, 0.29) is 0 Å². The molecular formula is C23H17N3S2. The molecule has 0 aliphatic carbocycles. The highest BCUT2D eigenvalue weighted by molar-refractivity contribution is 7.98. The van der Waals surface area contributed by atoms with Gasteiger partial charge in [0.2, 0.25) is 0 Å². The second kappa shape index (κ2) is 7.62. The van der Waals surface area contributed by atoms with Gasteiger partial charge in [-0.15, -0.1) is 11.3 Å². The van der Waals surface area contributed by atoms with Crippen LogP contribution in [0.1, 0.15) is 5.69 Å². The number of rotatable bonds is 5. The maximum atomic E-state index is 4.87. The third-order valence-electron chi connectivity index (χ3n) is 4.47. The third kappa shape index (κ3) is 3.35. The number of thiazole rings is 1. The summed E-state index contributed by atoms with van der Waals surface area (Å²) in [5, 5.41) is 4.19. The number of hydrogen-bond acceptors (Lipinski definition) is 4. The molecule has 0 radical (unpaired) electrons. The lowest BCUT2D eigenvalue weighted by molar-refractivity contribution is 0.918. The third-order valence-corrected chi connectivity index (χ3v) is 6.38. The van der Waals surface area contributed by atoms with Crippen molar-refractivity contribution in [1.29, 1.82) is 0 Å². The lowest BCUT2D eigenvalue weighted by atomic mass is 10.2. The van der Waals surface area contributed by atoms with Gasteiger partial charge in [0.05, 0.1) is 16.7 Å². The van der Waals surface area contributed by atoms with Crippen LogP contribution in [-0.4, -0.2) is 14.5 Å². The molecule has 3 aromatic carbocycles. The van der Waals surface area contributed by atoms with Gasteiger partial charge < -0.3 is 0 Å². The van der Waals surface area contributed by atoms with E-state index < -0.39 is 0 Å². The Balaban J connectivity index is 1.45. The number of fused-ring (bicyclic) bond motifs is 1. The van der Waals surface area contributed by atoms with Crippen molar-refractivity contribution in [3.05, 3.63) is 96.0 Å².